The number of rotatable bonds is 4. The van der Waals surface area contributed by atoms with E-state index >= 15 is 0 Å². The maximum atomic E-state index is 11.4. The second-order valence-corrected chi connectivity index (χ2v) is 5.60. The van der Waals surface area contributed by atoms with E-state index in [1.165, 1.54) is 0 Å². The van der Waals surface area contributed by atoms with Gasteiger partial charge in [0.1, 0.15) is 5.69 Å². The molecule has 1 aromatic carbocycles. The Hall–Kier alpha value is -2.41. The number of nitrogens with zero attached hydrogens (tertiary/aromatic N) is 1. The number of carbonyl (C=O) groups excluding carboxylic acids is 1. The number of anilines is 2. The van der Waals surface area contributed by atoms with Crippen molar-refractivity contribution in [3.05, 3.63) is 50.2 Å². The first-order chi connectivity index (χ1) is 10.1. The van der Waals surface area contributed by atoms with E-state index in [1.54, 1.807) is 23.5 Å². The monoisotopic (exact) mass is 303 g/mol. The molecule has 1 aromatic heterocycles. The molecule has 2 heterocycles. The smallest absolute Gasteiger partial charge is 0.292 e. The maximum Gasteiger partial charge on any atom is 0.292 e. The number of nitrogens with one attached hydrogen (secondary N) is 2. The van der Waals surface area contributed by atoms with Crippen LogP contribution in [-0.4, -0.2) is 10.8 Å². The van der Waals surface area contributed by atoms with Gasteiger partial charge in [-0.2, -0.15) is 11.3 Å². The minimum absolute atomic E-state index is 0.0418. The van der Waals surface area contributed by atoms with Gasteiger partial charge in [-0.3, -0.25) is 14.9 Å². The summed E-state index contributed by atoms with van der Waals surface area (Å²) in [5, 5.41) is 21.0. The molecule has 1 aliphatic heterocycles. The number of amides is 1. The SMILES string of the molecule is O=C1CCc2cc([N+](=O)[O-])c(NCc3ccsc3)cc2N1. The first kappa shape index (κ1) is 13.6. The number of thiophene rings is 1. The molecular weight excluding hydrogens is 290 g/mol. The van der Waals surface area contributed by atoms with Gasteiger partial charge in [0, 0.05) is 24.7 Å². The lowest BCUT2D eigenvalue weighted by Gasteiger charge is -2.18. The van der Waals surface area contributed by atoms with Crippen molar-refractivity contribution in [3.63, 3.8) is 0 Å². The summed E-state index contributed by atoms with van der Waals surface area (Å²) in [5.41, 5.74) is 3.00. The molecule has 0 spiro atoms. The molecule has 2 N–H and O–H groups in total. The summed E-state index contributed by atoms with van der Waals surface area (Å²) in [4.78, 5) is 22.3. The molecular formula is C14H13N3O3S. The third-order valence-corrected chi connectivity index (χ3v) is 4.11. The topological polar surface area (TPSA) is 84.3 Å². The summed E-state index contributed by atoms with van der Waals surface area (Å²) in [6.45, 7) is 0.511. The quantitative estimate of drug-likeness (QED) is 0.671. The van der Waals surface area contributed by atoms with Crippen molar-refractivity contribution < 1.29 is 9.72 Å². The van der Waals surface area contributed by atoms with E-state index in [-0.39, 0.29) is 11.6 Å². The van der Waals surface area contributed by atoms with Crippen molar-refractivity contribution in [2.24, 2.45) is 0 Å². The van der Waals surface area contributed by atoms with Crippen LogP contribution < -0.4 is 10.6 Å². The highest BCUT2D eigenvalue weighted by Crippen LogP contribution is 2.34. The fourth-order valence-corrected chi connectivity index (χ4v) is 2.97. The summed E-state index contributed by atoms with van der Waals surface area (Å²) < 4.78 is 0. The van der Waals surface area contributed by atoms with Crippen LogP contribution in [0.1, 0.15) is 17.5 Å². The minimum Gasteiger partial charge on any atom is -0.375 e. The van der Waals surface area contributed by atoms with Crippen LogP contribution in [0, 0.1) is 10.1 Å². The van der Waals surface area contributed by atoms with Crippen LogP contribution in [0.2, 0.25) is 0 Å². The number of hydrogen-bond donors (Lipinski definition) is 2. The molecule has 0 fully saturated rings. The van der Waals surface area contributed by atoms with Gasteiger partial charge in [-0.05, 0) is 40.4 Å². The first-order valence-electron chi connectivity index (χ1n) is 6.49. The zero-order valence-electron chi connectivity index (χ0n) is 11.1. The number of nitro groups is 1. The Morgan fingerprint density at radius 1 is 1.38 bits per heavy atom. The molecule has 108 valence electrons. The van der Waals surface area contributed by atoms with E-state index in [0.717, 1.165) is 11.1 Å². The van der Waals surface area contributed by atoms with Crippen LogP contribution >= 0.6 is 11.3 Å². The van der Waals surface area contributed by atoms with Crippen LogP contribution in [0.4, 0.5) is 17.1 Å². The van der Waals surface area contributed by atoms with Crippen LogP contribution in [0.5, 0.6) is 0 Å². The lowest BCUT2D eigenvalue weighted by molar-refractivity contribution is -0.384. The number of carbonyl (C=O) groups is 1. The Kier molecular flexibility index (Phi) is 3.57. The summed E-state index contributed by atoms with van der Waals surface area (Å²) in [7, 11) is 0. The van der Waals surface area contributed by atoms with E-state index in [1.807, 2.05) is 16.8 Å². The van der Waals surface area contributed by atoms with Crippen molar-refractivity contribution in [1.82, 2.24) is 0 Å². The lowest BCUT2D eigenvalue weighted by Crippen LogP contribution is -2.19. The predicted octanol–water partition coefficient (Wildman–Crippen LogP) is 3.15. The van der Waals surface area contributed by atoms with Crippen molar-refractivity contribution >= 4 is 34.3 Å². The standard InChI is InChI=1S/C14H13N3O3S/c18-14-2-1-10-5-13(17(19)20)12(6-11(10)16-14)15-7-9-3-4-21-8-9/h3-6,8,15H,1-2,7H2,(H,16,18). The van der Waals surface area contributed by atoms with Gasteiger partial charge in [-0.25, -0.2) is 0 Å². The molecule has 0 atom stereocenters. The van der Waals surface area contributed by atoms with Crippen molar-refractivity contribution in [2.45, 2.75) is 19.4 Å². The van der Waals surface area contributed by atoms with E-state index < -0.39 is 4.92 Å². The van der Waals surface area contributed by atoms with Gasteiger partial charge in [0.2, 0.25) is 5.91 Å². The fraction of sp³-hybridized carbons (Fsp3) is 0.214. The first-order valence-corrected chi connectivity index (χ1v) is 7.44. The number of benzene rings is 1. The highest BCUT2D eigenvalue weighted by molar-refractivity contribution is 7.07. The second-order valence-electron chi connectivity index (χ2n) is 4.82. The third kappa shape index (κ3) is 2.87. The number of aryl methyl sites for hydroxylation is 1. The summed E-state index contributed by atoms with van der Waals surface area (Å²) in [6.07, 6.45) is 0.901. The average molecular weight is 303 g/mol. The van der Waals surface area contributed by atoms with Crippen LogP contribution in [0.15, 0.2) is 29.0 Å². The van der Waals surface area contributed by atoms with E-state index in [0.29, 0.717) is 30.8 Å². The van der Waals surface area contributed by atoms with E-state index in [2.05, 4.69) is 10.6 Å². The molecule has 6 nitrogen and oxygen atoms in total. The molecule has 0 radical (unpaired) electrons. The molecule has 0 aliphatic carbocycles. The normalized spacial score (nSPS) is 13.4. The van der Waals surface area contributed by atoms with Gasteiger partial charge in [0.25, 0.3) is 5.69 Å². The Balaban J connectivity index is 1.91. The molecule has 1 amide bonds. The van der Waals surface area contributed by atoms with Crippen molar-refractivity contribution in [1.29, 1.82) is 0 Å². The number of fused-ring (bicyclic) bond motifs is 1. The molecule has 0 saturated heterocycles. The third-order valence-electron chi connectivity index (χ3n) is 3.38. The zero-order valence-corrected chi connectivity index (χ0v) is 11.9. The van der Waals surface area contributed by atoms with Crippen LogP contribution in [0.25, 0.3) is 0 Å². The Bertz CT molecular complexity index is 698. The van der Waals surface area contributed by atoms with Crippen LogP contribution in [-0.2, 0) is 17.8 Å². The summed E-state index contributed by atoms with van der Waals surface area (Å²) in [6, 6.07) is 5.16. The van der Waals surface area contributed by atoms with Gasteiger partial charge >= 0.3 is 0 Å². The molecule has 2 aromatic rings. The summed E-state index contributed by atoms with van der Waals surface area (Å²) >= 11 is 1.58. The van der Waals surface area contributed by atoms with Crippen molar-refractivity contribution in [2.75, 3.05) is 10.6 Å². The second kappa shape index (κ2) is 5.53. The molecule has 1 aliphatic rings. The zero-order chi connectivity index (χ0) is 14.8. The van der Waals surface area contributed by atoms with Gasteiger partial charge in [0.15, 0.2) is 0 Å². The average Bonchev–Trinajstić information content (AvgIpc) is 2.97. The van der Waals surface area contributed by atoms with Gasteiger partial charge in [-0.1, -0.05) is 0 Å². The highest BCUT2D eigenvalue weighted by atomic mass is 32.1. The van der Waals surface area contributed by atoms with Gasteiger partial charge in [0.05, 0.1) is 4.92 Å². The molecule has 3 rings (SSSR count). The molecule has 0 bridgehead atoms. The molecule has 7 heteroatoms. The van der Waals surface area contributed by atoms with Gasteiger partial charge in [-0.15, -0.1) is 0 Å². The van der Waals surface area contributed by atoms with E-state index in [4.69, 9.17) is 0 Å². The van der Waals surface area contributed by atoms with Gasteiger partial charge < -0.3 is 10.6 Å². The summed E-state index contributed by atoms with van der Waals surface area (Å²) in [5.74, 6) is -0.0554. The molecule has 0 unspecified atom stereocenters. The lowest BCUT2D eigenvalue weighted by atomic mass is 10.0. The number of nitro benzene ring substituents is 1. The minimum atomic E-state index is -0.396. The Morgan fingerprint density at radius 3 is 2.95 bits per heavy atom. The molecule has 0 saturated carbocycles. The number of hydrogen-bond acceptors (Lipinski definition) is 5. The highest BCUT2D eigenvalue weighted by Gasteiger charge is 2.22. The Morgan fingerprint density at radius 2 is 2.24 bits per heavy atom. The molecule has 21 heavy (non-hydrogen) atoms. The largest absolute Gasteiger partial charge is 0.375 e. The van der Waals surface area contributed by atoms with Crippen molar-refractivity contribution in [3.8, 4) is 0 Å². The van der Waals surface area contributed by atoms with Crippen LogP contribution in [0.3, 0.4) is 0 Å². The fourth-order valence-electron chi connectivity index (χ4n) is 2.30. The Labute approximate surface area is 124 Å². The maximum absolute atomic E-state index is 11.4. The predicted molar refractivity (Wildman–Crippen MR) is 81.7 cm³/mol. The van der Waals surface area contributed by atoms with E-state index in [9.17, 15) is 14.9 Å².